The lowest BCUT2D eigenvalue weighted by Crippen LogP contribution is -2.20. The van der Waals surface area contributed by atoms with Crippen molar-refractivity contribution in [2.75, 3.05) is 27.3 Å². The normalized spacial score (nSPS) is 18.9. The van der Waals surface area contributed by atoms with Crippen molar-refractivity contribution in [3.05, 3.63) is 41.7 Å². The van der Waals surface area contributed by atoms with Gasteiger partial charge in [0.05, 0.1) is 14.2 Å². The maximum absolute atomic E-state index is 5.56. The number of H-pyrrole nitrogens is 1. The van der Waals surface area contributed by atoms with Crippen molar-refractivity contribution in [3.63, 3.8) is 0 Å². The molecule has 0 radical (unpaired) electrons. The van der Waals surface area contributed by atoms with Gasteiger partial charge in [-0.3, -0.25) is 10.00 Å². The standard InChI is InChI=1S/C16H21N3O2/c1-20-15-5-3-4-14(16(15)21-2)12-7-9-19(10-12)11-13-6-8-17-18-13/h3-6,8,12H,7,9-11H2,1-2H3,(H,17,18). The Morgan fingerprint density at radius 1 is 1.29 bits per heavy atom. The second-order valence-corrected chi connectivity index (χ2v) is 5.39. The largest absolute Gasteiger partial charge is 0.493 e. The Morgan fingerprint density at radius 3 is 2.90 bits per heavy atom. The fourth-order valence-electron chi connectivity index (χ4n) is 3.08. The van der Waals surface area contributed by atoms with Gasteiger partial charge in [0.25, 0.3) is 0 Å². The number of methoxy groups -OCH3 is 2. The van der Waals surface area contributed by atoms with E-state index in [1.54, 1.807) is 20.4 Å². The lowest BCUT2D eigenvalue weighted by molar-refractivity contribution is 0.319. The number of hydrogen-bond acceptors (Lipinski definition) is 4. The molecule has 3 rings (SSSR count). The van der Waals surface area contributed by atoms with E-state index in [9.17, 15) is 0 Å². The van der Waals surface area contributed by atoms with Crippen LogP contribution in [0.15, 0.2) is 30.5 Å². The minimum atomic E-state index is 0.484. The fourth-order valence-corrected chi connectivity index (χ4v) is 3.08. The Bertz CT molecular complexity index is 583. The smallest absolute Gasteiger partial charge is 0.164 e. The number of para-hydroxylation sites is 1. The van der Waals surface area contributed by atoms with E-state index in [0.717, 1.165) is 43.2 Å². The molecule has 1 aliphatic heterocycles. The number of aromatic amines is 1. The third-order valence-corrected chi connectivity index (χ3v) is 4.10. The topological polar surface area (TPSA) is 50.4 Å². The summed E-state index contributed by atoms with van der Waals surface area (Å²) in [7, 11) is 3.39. The van der Waals surface area contributed by atoms with Crippen LogP contribution < -0.4 is 9.47 Å². The maximum Gasteiger partial charge on any atom is 0.164 e. The summed E-state index contributed by atoms with van der Waals surface area (Å²) in [5.41, 5.74) is 2.40. The van der Waals surface area contributed by atoms with Crippen LogP contribution in [-0.4, -0.2) is 42.4 Å². The van der Waals surface area contributed by atoms with E-state index >= 15 is 0 Å². The Kier molecular flexibility index (Phi) is 4.10. The van der Waals surface area contributed by atoms with Crippen molar-refractivity contribution in [3.8, 4) is 11.5 Å². The molecule has 0 saturated carbocycles. The van der Waals surface area contributed by atoms with Gasteiger partial charge < -0.3 is 9.47 Å². The lowest BCUT2D eigenvalue weighted by Gasteiger charge is -2.18. The molecule has 1 aliphatic rings. The van der Waals surface area contributed by atoms with Crippen LogP contribution in [0.3, 0.4) is 0 Å². The number of nitrogens with zero attached hydrogens (tertiary/aromatic N) is 2. The van der Waals surface area contributed by atoms with Gasteiger partial charge in [-0.15, -0.1) is 0 Å². The van der Waals surface area contributed by atoms with Gasteiger partial charge in [0.1, 0.15) is 0 Å². The second-order valence-electron chi connectivity index (χ2n) is 5.39. The van der Waals surface area contributed by atoms with Crippen LogP contribution in [0.1, 0.15) is 23.6 Å². The van der Waals surface area contributed by atoms with Gasteiger partial charge >= 0.3 is 0 Å². The molecule has 5 heteroatoms. The highest BCUT2D eigenvalue weighted by Crippen LogP contribution is 2.39. The lowest BCUT2D eigenvalue weighted by atomic mass is 9.97. The molecule has 112 valence electrons. The number of benzene rings is 1. The van der Waals surface area contributed by atoms with Crippen molar-refractivity contribution >= 4 is 0 Å². The predicted octanol–water partition coefficient (Wildman–Crippen LogP) is 2.42. The summed E-state index contributed by atoms with van der Waals surface area (Å²) < 4.78 is 11.0. The van der Waals surface area contributed by atoms with Crippen molar-refractivity contribution in [1.82, 2.24) is 15.1 Å². The van der Waals surface area contributed by atoms with Crippen molar-refractivity contribution in [2.24, 2.45) is 0 Å². The van der Waals surface area contributed by atoms with Crippen LogP contribution in [0.2, 0.25) is 0 Å². The van der Waals surface area contributed by atoms with E-state index in [1.807, 2.05) is 18.2 Å². The highest BCUT2D eigenvalue weighted by atomic mass is 16.5. The Labute approximate surface area is 124 Å². The average Bonchev–Trinajstić information content (AvgIpc) is 3.18. The average molecular weight is 287 g/mol. The maximum atomic E-state index is 5.56. The molecule has 2 heterocycles. The summed E-state index contributed by atoms with van der Waals surface area (Å²) in [6.07, 6.45) is 2.94. The molecule has 0 bridgehead atoms. The van der Waals surface area contributed by atoms with E-state index in [0.29, 0.717) is 5.92 Å². The van der Waals surface area contributed by atoms with E-state index in [-0.39, 0.29) is 0 Å². The van der Waals surface area contributed by atoms with E-state index in [2.05, 4.69) is 21.2 Å². The van der Waals surface area contributed by atoms with E-state index in [4.69, 9.17) is 9.47 Å². The Balaban J connectivity index is 1.74. The first-order valence-electron chi connectivity index (χ1n) is 7.23. The summed E-state index contributed by atoms with van der Waals surface area (Å²) in [5.74, 6) is 2.16. The highest BCUT2D eigenvalue weighted by Gasteiger charge is 2.27. The van der Waals surface area contributed by atoms with Crippen LogP contribution >= 0.6 is 0 Å². The van der Waals surface area contributed by atoms with Crippen LogP contribution in [0.4, 0.5) is 0 Å². The number of likely N-dealkylation sites (tertiary alicyclic amines) is 1. The molecule has 1 saturated heterocycles. The van der Waals surface area contributed by atoms with Crippen LogP contribution in [0, 0.1) is 0 Å². The van der Waals surface area contributed by atoms with Gasteiger partial charge in [0.15, 0.2) is 11.5 Å². The molecule has 0 amide bonds. The minimum Gasteiger partial charge on any atom is -0.493 e. The van der Waals surface area contributed by atoms with Crippen LogP contribution in [0.5, 0.6) is 11.5 Å². The molecule has 1 atom stereocenters. The third-order valence-electron chi connectivity index (χ3n) is 4.10. The first-order valence-corrected chi connectivity index (χ1v) is 7.23. The number of rotatable bonds is 5. The molecule has 2 aromatic rings. The van der Waals surface area contributed by atoms with E-state index < -0.39 is 0 Å². The van der Waals surface area contributed by atoms with Gasteiger partial charge in [-0.05, 0) is 25.1 Å². The molecule has 0 spiro atoms. The van der Waals surface area contributed by atoms with Crippen molar-refractivity contribution in [2.45, 2.75) is 18.9 Å². The van der Waals surface area contributed by atoms with Crippen molar-refractivity contribution in [1.29, 1.82) is 0 Å². The molecule has 21 heavy (non-hydrogen) atoms. The quantitative estimate of drug-likeness (QED) is 0.917. The summed E-state index contributed by atoms with van der Waals surface area (Å²) in [6.45, 7) is 3.04. The SMILES string of the molecule is COc1cccc(C2CCN(Cc3ccn[nH]3)C2)c1OC. The number of ether oxygens (including phenoxy) is 2. The first-order chi connectivity index (χ1) is 10.3. The summed E-state index contributed by atoms with van der Waals surface area (Å²) in [4.78, 5) is 2.44. The monoisotopic (exact) mass is 287 g/mol. The Hall–Kier alpha value is -2.01. The molecule has 1 N–H and O–H groups in total. The summed E-state index contributed by atoms with van der Waals surface area (Å²) in [6, 6.07) is 8.15. The second kappa shape index (κ2) is 6.18. The first kappa shape index (κ1) is 13.9. The number of nitrogens with one attached hydrogen (secondary N) is 1. The van der Waals surface area contributed by atoms with Gasteiger partial charge in [0.2, 0.25) is 0 Å². The van der Waals surface area contributed by atoms with E-state index in [1.165, 1.54) is 5.56 Å². The Morgan fingerprint density at radius 2 is 2.19 bits per heavy atom. The molecule has 1 aromatic carbocycles. The predicted molar refractivity (Wildman–Crippen MR) is 80.8 cm³/mol. The van der Waals surface area contributed by atoms with Crippen LogP contribution in [-0.2, 0) is 6.54 Å². The minimum absolute atomic E-state index is 0.484. The molecule has 1 fully saturated rings. The third kappa shape index (κ3) is 2.88. The van der Waals surface area contributed by atoms with Crippen molar-refractivity contribution < 1.29 is 9.47 Å². The molecule has 0 aliphatic carbocycles. The van der Waals surface area contributed by atoms with Gasteiger partial charge in [0, 0.05) is 36.5 Å². The molecule has 1 aromatic heterocycles. The fraction of sp³-hybridized carbons (Fsp3) is 0.438. The van der Waals surface area contributed by atoms with Gasteiger partial charge in [-0.25, -0.2) is 0 Å². The zero-order valence-corrected chi connectivity index (χ0v) is 12.5. The zero-order valence-electron chi connectivity index (χ0n) is 12.5. The molecular weight excluding hydrogens is 266 g/mol. The summed E-state index contributed by atoms with van der Waals surface area (Å²) >= 11 is 0. The molecular formula is C16H21N3O2. The summed E-state index contributed by atoms with van der Waals surface area (Å²) in [5, 5.41) is 7.03. The van der Waals surface area contributed by atoms with Gasteiger partial charge in [-0.2, -0.15) is 5.10 Å². The number of aromatic nitrogens is 2. The molecule has 1 unspecified atom stereocenters. The van der Waals surface area contributed by atoms with Crippen LogP contribution in [0.25, 0.3) is 0 Å². The number of hydrogen-bond donors (Lipinski definition) is 1. The zero-order chi connectivity index (χ0) is 14.7. The highest BCUT2D eigenvalue weighted by molar-refractivity contribution is 5.48. The molecule has 5 nitrogen and oxygen atoms in total. The van der Waals surface area contributed by atoms with Gasteiger partial charge in [-0.1, -0.05) is 12.1 Å².